The third-order valence-electron chi connectivity index (χ3n) is 3.10. The van der Waals surface area contributed by atoms with E-state index < -0.39 is 0 Å². The third-order valence-corrected chi connectivity index (χ3v) is 3.10. The number of aliphatic hydroxyl groups is 1. The van der Waals surface area contributed by atoms with Crippen LogP contribution in [0.3, 0.4) is 0 Å². The van der Waals surface area contributed by atoms with Crippen LogP contribution >= 0.6 is 0 Å². The average Bonchev–Trinajstić information content (AvgIpc) is 2.85. The molecule has 2 aromatic heterocycles. The lowest BCUT2D eigenvalue weighted by Gasteiger charge is -2.20. The fourth-order valence-corrected chi connectivity index (χ4v) is 1.97. The summed E-state index contributed by atoms with van der Waals surface area (Å²) in [7, 11) is 0. The van der Waals surface area contributed by atoms with E-state index >= 15 is 0 Å². The van der Waals surface area contributed by atoms with E-state index in [1.165, 1.54) is 0 Å². The number of aromatic nitrogens is 3. The Kier molecular flexibility index (Phi) is 3.71. The Labute approximate surface area is 114 Å². The van der Waals surface area contributed by atoms with Crippen LogP contribution in [0.15, 0.2) is 24.5 Å². The van der Waals surface area contributed by atoms with Crippen molar-refractivity contribution in [3.05, 3.63) is 41.6 Å². The van der Waals surface area contributed by atoms with Crippen molar-refractivity contribution in [2.45, 2.75) is 46.1 Å². The molecule has 0 aliphatic heterocycles. The summed E-state index contributed by atoms with van der Waals surface area (Å²) >= 11 is 0. The zero-order chi connectivity index (χ0) is 14.0. The number of aliphatic hydroxyl groups excluding tert-OH is 1. The van der Waals surface area contributed by atoms with Crippen molar-refractivity contribution in [1.29, 1.82) is 0 Å². The van der Waals surface area contributed by atoms with Crippen molar-refractivity contribution >= 4 is 0 Å². The minimum absolute atomic E-state index is 0.0226. The molecule has 0 aliphatic rings. The van der Waals surface area contributed by atoms with Crippen LogP contribution in [-0.4, -0.2) is 19.6 Å². The van der Waals surface area contributed by atoms with E-state index in [1.807, 2.05) is 22.9 Å². The Balaban J connectivity index is 2.57. The fourth-order valence-electron chi connectivity index (χ4n) is 1.97. The SMILES string of the molecule is CCc1nccn1-c1cc(CO)cc(C(C)(C)C)n1. The molecule has 0 spiro atoms. The summed E-state index contributed by atoms with van der Waals surface area (Å²) in [5, 5.41) is 9.42. The number of nitrogens with zero attached hydrogens (tertiary/aromatic N) is 3. The average molecular weight is 259 g/mol. The largest absolute Gasteiger partial charge is 0.392 e. The molecule has 0 fully saturated rings. The lowest BCUT2D eigenvalue weighted by atomic mass is 9.91. The molecule has 0 radical (unpaired) electrons. The minimum Gasteiger partial charge on any atom is -0.392 e. The number of aryl methyl sites for hydroxylation is 1. The predicted octanol–water partition coefficient (Wildman–Crippen LogP) is 2.62. The Hall–Kier alpha value is -1.68. The van der Waals surface area contributed by atoms with Gasteiger partial charge in [0.15, 0.2) is 0 Å². The van der Waals surface area contributed by atoms with E-state index in [0.29, 0.717) is 0 Å². The first-order chi connectivity index (χ1) is 8.95. The molecule has 4 heteroatoms. The van der Waals surface area contributed by atoms with Gasteiger partial charge in [0.1, 0.15) is 11.6 Å². The van der Waals surface area contributed by atoms with Gasteiger partial charge in [0.05, 0.1) is 6.61 Å². The van der Waals surface area contributed by atoms with Crippen molar-refractivity contribution in [2.24, 2.45) is 0 Å². The lowest BCUT2D eigenvalue weighted by molar-refractivity contribution is 0.281. The van der Waals surface area contributed by atoms with Gasteiger partial charge in [-0.05, 0) is 17.7 Å². The number of hydrogen-bond acceptors (Lipinski definition) is 3. The number of imidazole rings is 1. The molecule has 0 atom stereocenters. The normalized spacial score (nSPS) is 11.8. The summed E-state index contributed by atoms with van der Waals surface area (Å²) in [4.78, 5) is 9.03. The Morgan fingerprint density at radius 1 is 1.26 bits per heavy atom. The molecular formula is C15H21N3O. The van der Waals surface area contributed by atoms with E-state index in [0.717, 1.165) is 29.3 Å². The second-order valence-electron chi connectivity index (χ2n) is 5.69. The lowest BCUT2D eigenvalue weighted by Crippen LogP contribution is -2.16. The molecule has 4 nitrogen and oxygen atoms in total. The van der Waals surface area contributed by atoms with Gasteiger partial charge in [-0.2, -0.15) is 0 Å². The van der Waals surface area contributed by atoms with Crippen LogP contribution in [0, 0.1) is 0 Å². The molecule has 0 aromatic carbocycles. The van der Waals surface area contributed by atoms with E-state index in [-0.39, 0.29) is 12.0 Å². The smallest absolute Gasteiger partial charge is 0.138 e. The molecule has 0 bridgehead atoms. The van der Waals surface area contributed by atoms with Crippen LogP contribution in [0.2, 0.25) is 0 Å². The highest BCUT2D eigenvalue weighted by Gasteiger charge is 2.18. The maximum absolute atomic E-state index is 9.42. The zero-order valence-corrected chi connectivity index (χ0v) is 12.0. The van der Waals surface area contributed by atoms with Gasteiger partial charge in [0, 0.05) is 29.9 Å². The summed E-state index contributed by atoms with van der Waals surface area (Å²) in [5.41, 5.74) is 1.81. The van der Waals surface area contributed by atoms with Gasteiger partial charge >= 0.3 is 0 Å². The molecule has 0 unspecified atom stereocenters. The highest BCUT2D eigenvalue weighted by atomic mass is 16.3. The van der Waals surface area contributed by atoms with Gasteiger partial charge in [-0.3, -0.25) is 4.57 Å². The Morgan fingerprint density at radius 2 is 2.00 bits per heavy atom. The van der Waals surface area contributed by atoms with Crippen molar-refractivity contribution in [2.75, 3.05) is 0 Å². The minimum atomic E-state index is -0.0487. The summed E-state index contributed by atoms with van der Waals surface area (Å²) in [5.74, 6) is 1.80. The standard InChI is InChI=1S/C15H21N3O/c1-5-13-16-6-7-18(13)14-9-11(10-19)8-12(17-14)15(2,3)4/h6-9,19H,5,10H2,1-4H3. The summed E-state index contributed by atoms with van der Waals surface area (Å²) in [6.07, 6.45) is 4.54. The van der Waals surface area contributed by atoms with Crippen LogP contribution in [0.4, 0.5) is 0 Å². The molecule has 1 N–H and O–H groups in total. The molecule has 0 amide bonds. The second kappa shape index (κ2) is 5.13. The molecule has 19 heavy (non-hydrogen) atoms. The zero-order valence-electron chi connectivity index (χ0n) is 12.0. The summed E-state index contributed by atoms with van der Waals surface area (Å²) in [6, 6.07) is 3.88. The predicted molar refractivity (Wildman–Crippen MR) is 75.4 cm³/mol. The van der Waals surface area contributed by atoms with Gasteiger partial charge in [-0.25, -0.2) is 9.97 Å². The van der Waals surface area contributed by atoms with Crippen molar-refractivity contribution < 1.29 is 5.11 Å². The van der Waals surface area contributed by atoms with Crippen LogP contribution in [0.1, 0.15) is 44.8 Å². The van der Waals surface area contributed by atoms with Gasteiger partial charge in [0.25, 0.3) is 0 Å². The first-order valence-electron chi connectivity index (χ1n) is 6.60. The van der Waals surface area contributed by atoms with Crippen LogP contribution < -0.4 is 0 Å². The van der Waals surface area contributed by atoms with Crippen LogP contribution in [0.5, 0.6) is 0 Å². The van der Waals surface area contributed by atoms with Crippen LogP contribution in [0.25, 0.3) is 5.82 Å². The summed E-state index contributed by atoms with van der Waals surface area (Å²) in [6.45, 7) is 8.45. The first kappa shape index (κ1) is 13.7. The highest BCUT2D eigenvalue weighted by molar-refractivity contribution is 5.34. The van der Waals surface area contributed by atoms with Gasteiger partial charge < -0.3 is 5.11 Å². The monoisotopic (exact) mass is 259 g/mol. The quantitative estimate of drug-likeness (QED) is 0.921. The maximum Gasteiger partial charge on any atom is 0.138 e. The Bertz CT molecular complexity index is 567. The molecule has 0 saturated carbocycles. The molecule has 2 aromatic rings. The molecular weight excluding hydrogens is 238 g/mol. The number of pyridine rings is 1. The molecule has 2 rings (SSSR count). The summed E-state index contributed by atoms with van der Waals surface area (Å²) < 4.78 is 1.98. The second-order valence-corrected chi connectivity index (χ2v) is 5.69. The maximum atomic E-state index is 9.42. The van der Waals surface area contributed by atoms with Gasteiger partial charge in [-0.15, -0.1) is 0 Å². The van der Waals surface area contributed by atoms with Crippen molar-refractivity contribution in [3.63, 3.8) is 0 Å². The highest BCUT2D eigenvalue weighted by Crippen LogP contribution is 2.23. The molecule has 0 aliphatic carbocycles. The Morgan fingerprint density at radius 3 is 2.58 bits per heavy atom. The topological polar surface area (TPSA) is 50.9 Å². The number of rotatable bonds is 3. The fraction of sp³-hybridized carbons (Fsp3) is 0.467. The van der Waals surface area contributed by atoms with E-state index in [4.69, 9.17) is 4.98 Å². The first-order valence-corrected chi connectivity index (χ1v) is 6.60. The van der Waals surface area contributed by atoms with Crippen molar-refractivity contribution in [1.82, 2.24) is 14.5 Å². The van der Waals surface area contributed by atoms with Crippen molar-refractivity contribution in [3.8, 4) is 5.82 Å². The molecule has 0 saturated heterocycles. The van der Waals surface area contributed by atoms with E-state index in [1.54, 1.807) is 6.20 Å². The number of hydrogen-bond donors (Lipinski definition) is 1. The molecule has 102 valence electrons. The molecule has 2 heterocycles. The van der Waals surface area contributed by atoms with E-state index in [9.17, 15) is 5.11 Å². The van der Waals surface area contributed by atoms with Gasteiger partial charge in [-0.1, -0.05) is 27.7 Å². The third kappa shape index (κ3) is 2.84. The van der Waals surface area contributed by atoms with E-state index in [2.05, 4.69) is 32.7 Å². The van der Waals surface area contributed by atoms with Crippen LogP contribution in [-0.2, 0) is 18.4 Å². The van der Waals surface area contributed by atoms with Gasteiger partial charge in [0.2, 0.25) is 0 Å².